The molecule has 1 amide bonds. The normalized spacial score (nSPS) is 10.8. The highest BCUT2D eigenvalue weighted by Gasteiger charge is 2.21. The van der Waals surface area contributed by atoms with Gasteiger partial charge in [-0.2, -0.15) is 0 Å². The van der Waals surface area contributed by atoms with E-state index >= 15 is 0 Å². The molecule has 0 bridgehead atoms. The number of nitro benzene ring substituents is 1. The van der Waals surface area contributed by atoms with Crippen LogP contribution >= 0.6 is 0 Å². The zero-order chi connectivity index (χ0) is 21.3. The summed E-state index contributed by atoms with van der Waals surface area (Å²) in [4.78, 5) is 31.2. The van der Waals surface area contributed by atoms with Gasteiger partial charge in [0.05, 0.1) is 27.6 Å². The van der Waals surface area contributed by atoms with Gasteiger partial charge in [-0.05, 0) is 29.8 Å². The summed E-state index contributed by atoms with van der Waals surface area (Å²) >= 11 is 0. The largest absolute Gasteiger partial charge is 0.393 e. The maximum Gasteiger partial charge on any atom is 0.295 e. The quantitative estimate of drug-likeness (QED) is 0.298. The number of nitrogens with zero attached hydrogens (tertiary/aromatic N) is 4. The number of benzene rings is 2. The molecule has 0 aliphatic carbocycles. The van der Waals surface area contributed by atoms with Gasteiger partial charge in [0.15, 0.2) is 0 Å². The van der Waals surface area contributed by atoms with E-state index < -0.39 is 22.3 Å². The number of hydrogen-bond donors (Lipinski definition) is 2. The average molecular weight is 406 g/mol. The van der Waals surface area contributed by atoms with Crippen molar-refractivity contribution < 1.29 is 14.1 Å². The van der Waals surface area contributed by atoms with Crippen molar-refractivity contribution in [3.8, 4) is 5.82 Å². The van der Waals surface area contributed by atoms with Crippen molar-refractivity contribution in [2.45, 2.75) is 6.54 Å². The number of halogens is 1. The number of nitrogen functional groups attached to an aromatic ring is 1. The lowest BCUT2D eigenvalue weighted by Gasteiger charge is -2.09. The van der Waals surface area contributed by atoms with E-state index in [4.69, 9.17) is 5.73 Å². The number of anilines is 1. The molecule has 0 unspecified atom stereocenters. The number of nitrogens with two attached hydrogens (primary N) is 1. The number of para-hydroxylation sites is 2. The molecule has 10 heteroatoms. The second kappa shape index (κ2) is 7.59. The van der Waals surface area contributed by atoms with Crippen molar-refractivity contribution in [2.75, 3.05) is 5.73 Å². The number of amides is 1. The van der Waals surface area contributed by atoms with Gasteiger partial charge in [0.1, 0.15) is 23.6 Å². The minimum atomic E-state index is -0.917. The van der Waals surface area contributed by atoms with Gasteiger partial charge in [-0.1, -0.05) is 18.2 Å². The zero-order valence-electron chi connectivity index (χ0n) is 15.4. The molecule has 9 nitrogen and oxygen atoms in total. The summed E-state index contributed by atoms with van der Waals surface area (Å²) in [6, 6.07) is 12.7. The number of imidazole rings is 1. The Morgan fingerprint density at radius 3 is 2.73 bits per heavy atom. The number of pyridine rings is 1. The first-order chi connectivity index (χ1) is 14.4. The van der Waals surface area contributed by atoms with Crippen molar-refractivity contribution in [3.05, 3.63) is 88.1 Å². The monoisotopic (exact) mass is 406 g/mol. The van der Waals surface area contributed by atoms with E-state index in [1.165, 1.54) is 0 Å². The molecular formula is C20H15FN6O3. The van der Waals surface area contributed by atoms with Crippen LogP contribution in [0.2, 0.25) is 0 Å². The molecule has 0 aliphatic rings. The number of rotatable bonds is 5. The maximum atomic E-state index is 13.6. The predicted molar refractivity (Wildman–Crippen MR) is 108 cm³/mol. The topological polar surface area (TPSA) is 129 Å². The van der Waals surface area contributed by atoms with Crippen LogP contribution < -0.4 is 11.1 Å². The van der Waals surface area contributed by atoms with Gasteiger partial charge in [0, 0.05) is 12.7 Å². The number of fused-ring (bicyclic) bond motifs is 1. The van der Waals surface area contributed by atoms with E-state index in [-0.39, 0.29) is 17.8 Å². The highest BCUT2D eigenvalue weighted by Crippen LogP contribution is 2.26. The molecule has 30 heavy (non-hydrogen) atoms. The Bertz CT molecular complexity index is 1270. The van der Waals surface area contributed by atoms with Crippen LogP contribution in [0.4, 0.5) is 15.8 Å². The van der Waals surface area contributed by atoms with Crippen molar-refractivity contribution in [2.24, 2.45) is 0 Å². The molecule has 0 saturated carbocycles. The van der Waals surface area contributed by atoms with E-state index in [2.05, 4.69) is 15.3 Å². The average Bonchev–Trinajstić information content (AvgIpc) is 3.18. The number of hydrogen-bond acceptors (Lipinski definition) is 6. The molecule has 4 aromatic rings. The molecule has 0 spiro atoms. The Morgan fingerprint density at radius 1 is 1.20 bits per heavy atom. The molecule has 0 saturated heterocycles. The summed E-state index contributed by atoms with van der Waals surface area (Å²) in [6.07, 6.45) is 3.26. The smallest absolute Gasteiger partial charge is 0.295 e. The molecule has 0 aliphatic heterocycles. The third-order valence-corrected chi connectivity index (χ3v) is 4.53. The second-order valence-electron chi connectivity index (χ2n) is 6.45. The molecule has 2 heterocycles. The second-order valence-corrected chi connectivity index (χ2v) is 6.45. The minimum absolute atomic E-state index is 0.0839. The minimum Gasteiger partial charge on any atom is -0.393 e. The lowest BCUT2D eigenvalue weighted by atomic mass is 10.1. The van der Waals surface area contributed by atoms with Crippen LogP contribution in [0.3, 0.4) is 0 Å². The van der Waals surface area contributed by atoms with Crippen molar-refractivity contribution in [1.29, 1.82) is 0 Å². The fourth-order valence-electron chi connectivity index (χ4n) is 3.03. The summed E-state index contributed by atoms with van der Waals surface area (Å²) in [5, 5.41) is 13.5. The molecule has 3 N–H and O–H groups in total. The van der Waals surface area contributed by atoms with Gasteiger partial charge in [0.2, 0.25) is 0 Å². The van der Waals surface area contributed by atoms with Gasteiger partial charge in [0.25, 0.3) is 11.6 Å². The lowest BCUT2D eigenvalue weighted by molar-refractivity contribution is -0.384. The van der Waals surface area contributed by atoms with Crippen molar-refractivity contribution >= 4 is 28.3 Å². The SMILES string of the molecule is Nc1c(C(=O)NCc2ccc(-n3cnc4ccccc43)nc2)cc(F)cc1[N+](=O)[O-]. The van der Waals surface area contributed by atoms with Crippen LogP contribution in [-0.4, -0.2) is 25.4 Å². The first-order valence-electron chi connectivity index (χ1n) is 8.83. The Balaban J connectivity index is 1.50. The Kier molecular flexibility index (Phi) is 4.80. The van der Waals surface area contributed by atoms with Gasteiger partial charge >= 0.3 is 0 Å². The van der Waals surface area contributed by atoms with Gasteiger partial charge in [-0.25, -0.2) is 14.4 Å². The molecule has 0 fully saturated rings. The van der Waals surface area contributed by atoms with Crippen LogP contribution in [0.5, 0.6) is 0 Å². The molecule has 2 aromatic carbocycles. The highest BCUT2D eigenvalue weighted by atomic mass is 19.1. The lowest BCUT2D eigenvalue weighted by Crippen LogP contribution is -2.24. The maximum absolute atomic E-state index is 13.6. The van der Waals surface area contributed by atoms with Crippen LogP contribution in [0.15, 0.2) is 61.1 Å². The molecular weight excluding hydrogens is 391 g/mol. The Morgan fingerprint density at radius 2 is 2.00 bits per heavy atom. The van der Waals surface area contributed by atoms with Crippen LogP contribution in [0.25, 0.3) is 16.9 Å². The Labute approximate surface area is 169 Å². The van der Waals surface area contributed by atoms with E-state index in [1.807, 2.05) is 28.8 Å². The molecule has 0 radical (unpaired) electrons. The fourth-order valence-corrected chi connectivity index (χ4v) is 3.03. The van der Waals surface area contributed by atoms with Gasteiger partial charge in [-0.3, -0.25) is 19.5 Å². The predicted octanol–water partition coefficient (Wildman–Crippen LogP) is 2.98. The van der Waals surface area contributed by atoms with E-state index in [9.17, 15) is 19.3 Å². The molecule has 2 aromatic heterocycles. The first kappa shape index (κ1) is 19.0. The number of carbonyl (C=O) groups excluding carboxylic acids is 1. The van der Waals surface area contributed by atoms with Crippen molar-refractivity contribution in [1.82, 2.24) is 19.9 Å². The van der Waals surface area contributed by atoms with Crippen LogP contribution in [0.1, 0.15) is 15.9 Å². The van der Waals surface area contributed by atoms with Gasteiger partial charge in [-0.15, -0.1) is 0 Å². The third-order valence-electron chi connectivity index (χ3n) is 4.53. The molecule has 150 valence electrons. The molecule has 0 atom stereocenters. The standard InChI is InChI=1S/C20H15FN6O3/c21-13-7-14(19(22)17(8-13)27(29)30)20(28)24-10-12-5-6-18(23-9-12)26-11-25-15-3-1-2-4-16(15)26/h1-9,11H,10,22H2,(H,24,28). The summed E-state index contributed by atoms with van der Waals surface area (Å²) in [6.45, 7) is 0.0839. The summed E-state index contributed by atoms with van der Waals surface area (Å²) in [7, 11) is 0. The van der Waals surface area contributed by atoms with Gasteiger partial charge < -0.3 is 11.1 Å². The molecule has 4 rings (SSSR count). The zero-order valence-corrected chi connectivity index (χ0v) is 15.4. The summed E-state index contributed by atoms with van der Waals surface area (Å²) in [5.74, 6) is -0.983. The van der Waals surface area contributed by atoms with E-state index in [0.717, 1.165) is 17.1 Å². The van der Waals surface area contributed by atoms with Crippen LogP contribution in [-0.2, 0) is 6.54 Å². The van der Waals surface area contributed by atoms with Crippen molar-refractivity contribution in [3.63, 3.8) is 0 Å². The fraction of sp³-hybridized carbons (Fsp3) is 0.0500. The number of carbonyl (C=O) groups is 1. The summed E-state index contributed by atoms with van der Waals surface area (Å²) < 4.78 is 15.5. The van der Waals surface area contributed by atoms with Crippen LogP contribution in [0, 0.1) is 15.9 Å². The number of aromatic nitrogens is 3. The highest BCUT2D eigenvalue weighted by molar-refractivity contribution is 6.01. The Hall–Kier alpha value is -4.34. The number of nitro groups is 1. The van der Waals surface area contributed by atoms with E-state index in [1.54, 1.807) is 24.7 Å². The van der Waals surface area contributed by atoms with E-state index in [0.29, 0.717) is 17.4 Å². The third kappa shape index (κ3) is 3.53. The summed E-state index contributed by atoms with van der Waals surface area (Å²) in [5.41, 5.74) is 6.75. The number of nitrogens with one attached hydrogen (secondary N) is 1. The first-order valence-corrected chi connectivity index (χ1v) is 8.83.